The van der Waals surface area contributed by atoms with Crippen LogP contribution in [0, 0.1) is 0 Å². The van der Waals surface area contributed by atoms with Gasteiger partial charge < -0.3 is 24.7 Å². The Hall–Kier alpha value is 0.813. The second-order valence-corrected chi connectivity index (χ2v) is 0.713. The van der Waals surface area contributed by atoms with Gasteiger partial charge in [-0.2, -0.15) is 0 Å². The summed E-state index contributed by atoms with van der Waals surface area (Å²) in [5.74, 6) is 0. The maximum absolute atomic E-state index is 9.16. The molecule has 0 bridgehead atoms. The maximum Gasteiger partial charge on any atom is 4.00 e. The Morgan fingerprint density at radius 2 is 1.12 bits per heavy atom. The normalized spacial score (nSPS) is 7.50. The van der Waals surface area contributed by atoms with Gasteiger partial charge in [0.25, 0.3) is 0 Å². The summed E-state index contributed by atoms with van der Waals surface area (Å²) in [4.78, 5) is 0. The fourth-order valence-electron chi connectivity index (χ4n) is 0.0907. The van der Waals surface area contributed by atoms with Crippen LogP contribution in [-0.4, -0.2) is 14.6 Å². The van der Waals surface area contributed by atoms with E-state index in [9.17, 15) is 0 Å². The van der Waals surface area contributed by atoms with E-state index >= 15 is 0 Å². The molecular formula is B2O5Zr. The molecule has 0 aliphatic carbocycles. The molecule has 0 radical (unpaired) electrons. The second-order valence-electron chi connectivity index (χ2n) is 0.713. The first-order valence-corrected chi connectivity index (χ1v) is 1.41. The van der Waals surface area contributed by atoms with Gasteiger partial charge in [-0.25, -0.2) is 0 Å². The Labute approximate surface area is 65.8 Å². The van der Waals surface area contributed by atoms with Crippen LogP contribution in [0.3, 0.4) is 0 Å². The molecule has 0 fully saturated rings. The number of rotatable bonds is 2. The number of hydrogen-bond acceptors (Lipinski definition) is 5. The van der Waals surface area contributed by atoms with Crippen LogP contribution in [0.15, 0.2) is 0 Å². The zero-order valence-corrected chi connectivity index (χ0v) is 6.15. The van der Waals surface area contributed by atoms with Gasteiger partial charge in [0, 0.05) is 14.6 Å². The second kappa shape index (κ2) is 5.94. The molecule has 0 saturated heterocycles. The molecule has 8 heteroatoms. The monoisotopic (exact) mass is 192 g/mol. The molecule has 0 aromatic heterocycles. The molecule has 5 nitrogen and oxygen atoms in total. The molecule has 0 aliphatic heterocycles. The van der Waals surface area contributed by atoms with Crippen molar-refractivity contribution in [2.75, 3.05) is 0 Å². The van der Waals surface area contributed by atoms with Crippen molar-refractivity contribution < 1.29 is 50.9 Å². The van der Waals surface area contributed by atoms with Gasteiger partial charge in [-0.05, 0) is 0 Å². The molecule has 0 spiro atoms. The van der Waals surface area contributed by atoms with Crippen LogP contribution in [0.25, 0.3) is 0 Å². The first-order chi connectivity index (χ1) is 3.13. The molecule has 0 amide bonds. The summed E-state index contributed by atoms with van der Waals surface area (Å²) in [6.07, 6.45) is 0. The molecule has 0 heterocycles. The first-order valence-electron chi connectivity index (χ1n) is 1.41. The molecule has 40 valence electrons. The summed E-state index contributed by atoms with van der Waals surface area (Å²) < 4.78 is 3.03. The summed E-state index contributed by atoms with van der Waals surface area (Å²) in [6, 6.07) is 0. The Balaban J connectivity index is 0. The van der Waals surface area contributed by atoms with E-state index in [1.807, 2.05) is 0 Å². The molecule has 0 atom stereocenters. The van der Waals surface area contributed by atoms with E-state index < -0.39 is 14.6 Å². The predicted octanol–water partition coefficient (Wildman–Crippen LogP) is -5.59. The quantitative estimate of drug-likeness (QED) is 0.406. The van der Waals surface area contributed by atoms with Crippen LogP contribution in [0.5, 0.6) is 0 Å². The van der Waals surface area contributed by atoms with E-state index in [-0.39, 0.29) is 26.2 Å². The minimum atomic E-state index is -2.75. The molecule has 0 aliphatic rings. The minimum Gasteiger partial charge on any atom is -0.872 e. The molecule has 8 heavy (non-hydrogen) atoms. The molecular weight excluding hydrogens is 193 g/mol. The molecule has 0 N–H and O–H groups in total. The van der Waals surface area contributed by atoms with Crippen molar-refractivity contribution in [1.82, 2.24) is 0 Å². The Morgan fingerprint density at radius 1 is 0.875 bits per heavy atom. The van der Waals surface area contributed by atoms with Crippen LogP contribution in [0.1, 0.15) is 0 Å². The van der Waals surface area contributed by atoms with E-state index in [0.29, 0.717) is 0 Å². The summed E-state index contributed by atoms with van der Waals surface area (Å²) in [7, 11) is -5.50. The van der Waals surface area contributed by atoms with Gasteiger partial charge in [0.05, 0.1) is 0 Å². The summed E-state index contributed by atoms with van der Waals surface area (Å²) >= 11 is 0. The van der Waals surface area contributed by atoms with Crippen LogP contribution < -0.4 is 20.1 Å². The van der Waals surface area contributed by atoms with Crippen molar-refractivity contribution in [2.45, 2.75) is 0 Å². The zero-order valence-electron chi connectivity index (χ0n) is 3.70. The van der Waals surface area contributed by atoms with E-state index in [0.717, 1.165) is 0 Å². The van der Waals surface area contributed by atoms with Crippen molar-refractivity contribution in [3.8, 4) is 0 Å². The third-order valence-corrected chi connectivity index (χ3v) is 0.222. The summed E-state index contributed by atoms with van der Waals surface area (Å²) in [5, 5.41) is 36.6. The number of hydrogen-bond donors (Lipinski definition) is 0. The Morgan fingerprint density at radius 3 is 1.12 bits per heavy atom. The maximum atomic E-state index is 9.16. The summed E-state index contributed by atoms with van der Waals surface area (Å²) in [6.45, 7) is 0. The third-order valence-electron chi connectivity index (χ3n) is 0.222. The minimum absolute atomic E-state index is 0. The van der Waals surface area contributed by atoms with Gasteiger partial charge in [0.2, 0.25) is 0 Å². The largest absolute Gasteiger partial charge is 4.00 e. The van der Waals surface area contributed by atoms with E-state index in [4.69, 9.17) is 20.1 Å². The van der Waals surface area contributed by atoms with Crippen LogP contribution in [-0.2, 0) is 30.8 Å². The zero-order chi connectivity index (χ0) is 5.86. The fourth-order valence-corrected chi connectivity index (χ4v) is 0.0907. The molecule has 0 aromatic carbocycles. The van der Waals surface area contributed by atoms with Crippen LogP contribution >= 0.6 is 0 Å². The van der Waals surface area contributed by atoms with Gasteiger partial charge in [0.1, 0.15) is 0 Å². The van der Waals surface area contributed by atoms with Gasteiger partial charge >= 0.3 is 26.2 Å². The van der Waals surface area contributed by atoms with Crippen LogP contribution in [0.2, 0.25) is 0 Å². The van der Waals surface area contributed by atoms with Crippen molar-refractivity contribution >= 4 is 14.6 Å². The fraction of sp³-hybridized carbons (Fsp3) is 0. The van der Waals surface area contributed by atoms with Gasteiger partial charge in [0.15, 0.2) is 0 Å². The average molecular weight is 193 g/mol. The van der Waals surface area contributed by atoms with Gasteiger partial charge in [-0.15, -0.1) is 0 Å². The Bertz CT molecular complexity index is 39.7. The third kappa shape index (κ3) is 9.94. The first kappa shape index (κ1) is 11.6. The van der Waals surface area contributed by atoms with E-state index in [2.05, 4.69) is 4.57 Å². The topological polar surface area (TPSA) is 101 Å². The molecule has 0 unspecified atom stereocenters. The summed E-state index contributed by atoms with van der Waals surface area (Å²) in [5.41, 5.74) is 0. The van der Waals surface area contributed by atoms with Gasteiger partial charge in [-0.3, -0.25) is 0 Å². The standard InChI is InChI=1S/B2O5.Zr/c3-1(4)7-2(5)6;/q-4;+4. The van der Waals surface area contributed by atoms with Crippen molar-refractivity contribution in [3.63, 3.8) is 0 Å². The smallest absolute Gasteiger partial charge is 0.872 e. The molecule has 0 rings (SSSR count). The van der Waals surface area contributed by atoms with Crippen molar-refractivity contribution in [1.29, 1.82) is 0 Å². The van der Waals surface area contributed by atoms with Gasteiger partial charge in [-0.1, -0.05) is 0 Å². The predicted molar refractivity (Wildman–Crippen MR) is 12.6 cm³/mol. The van der Waals surface area contributed by atoms with Crippen molar-refractivity contribution in [3.05, 3.63) is 0 Å². The SMILES string of the molecule is [O-]B([O-])OB([O-])[O-].[Zr+4]. The Kier molecular flexibility index (Phi) is 8.61. The van der Waals surface area contributed by atoms with E-state index in [1.54, 1.807) is 0 Å². The average Bonchev–Trinajstić information content (AvgIpc) is 1.27. The van der Waals surface area contributed by atoms with Crippen molar-refractivity contribution in [2.24, 2.45) is 0 Å². The van der Waals surface area contributed by atoms with Crippen LogP contribution in [0.4, 0.5) is 0 Å². The molecule has 0 aromatic rings. The van der Waals surface area contributed by atoms with E-state index in [1.165, 1.54) is 0 Å². The molecule has 0 saturated carbocycles.